The zero-order valence-corrected chi connectivity index (χ0v) is 14.2. The van der Waals surface area contributed by atoms with Crippen molar-refractivity contribution in [3.8, 4) is 0 Å². The highest BCUT2D eigenvalue weighted by Crippen LogP contribution is 2.15. The van der Waals surface area contributed by atoms with E-state index in [1.54, 1.807) is 0 Å². The molecule has 4 nitrogen and oxygen atoms in total. The summed E-state index contributed by atoms with van der Waals surface area (Å²) in [6.45, 7) is 7.73. The number of rotatable bonds is 12. The van der Waals surface area contributed by atoms with Crippen LogP contribution in [0.5, 0.6) is 0 Å². The molecule has 4 heteroatoms. The van der Waals surface area contributed by atoms with Gasteiger partial charge in [-0.2, -0.15) is 0 Å². The molecule has 2 unspecified atom stereocenters. The summed E-state index contributed by atoms with van der Waals surface area (Å²) in [5.74, 6) is -0.223. The van der Waals surface area contributed by atoms with Crippen LogP contribution in [0, 0.1) is 0 Å². The van der Waals surface area contributed by atoms with Gasteiger partial charge in [-0.1, -0.05) is 34.1 Å². The molecule has 0 spiro atoms. The van der Waals surface area contributed by atoms with Crippen LogP contribution in [0.3, 0.4) is 0 Å². The second-order valence-corrected chi connectivity index (χ2v) is 5.39. The van der Waals surface area contributed by atoms with E-state index in [0.717, 1.165) is 44.9 Å². The minimum Gasteiger partial charge on any atom is -0.462 e. The van der Waals surface area contributed by atoms with E-state index in [1.807, 2.05) is 27.7 Å². The zero-order chi connectivity index (χ0) is 16.1. The molecule has 0 aromatic carbocycles. The van der Waals surface area contributed by atoms with Gasteiger partial charge in [0.15, 0.2) is 0 Å². The number of hydrogen-bond acceptors (Lipinski definition) is 4. The lowest BCUT2D eigenvalue weighted by Gasteiger charge is -2.17. The van der Waals surface area contributed by atoms with Crippen LogP contribution in [0.1, 0.15) is 85.5 Å². The summed E-state index contributed by atoms with van der Waals surface area (Å²) >= 11 is 0. The van der Waals surface area contributed by atoms with Gasteiger partial charge in [0.05, 0.1) is 0 Å². The number of esters is 2. The van der Waals surface area contributed by atoms with Gasteiger partial charge >= 0.3 is 11.9 Å². The lowest BCUT2D eigenvalue weighted by Crippen LogP contribution is -2.17. The topological polar surface area (TPSA) is 52.6 Å². The van der Waals surface area contributed by atoms with Crippen molar-refractivity contribution in [2.45, 2.75) is 97.7 Å². The first kappa shape index (κ1) is 19.9. The van der Waals surface area contributed by atoms with Crippen molar-refractivity contribution in [1.82, 2.24) is 0 Å². The van der Waals surface area contributed by atoms with Crippen LogP contribution in [0.25, 0.3) is 0 Å². The molecule has 0 aliphatic heterocycles. The molecule has 0 aromatic rings. The summed E-state index contributed by atoms with van der Waals surface area (Å²) in [6.07, 6.45) is 7.77. The van der Waals surface area contributed by atoms with Crippen molar-refractivity contribution in [1.29, 1.82) is 0 Å². The molecule has 0 aromatic heterocycles. The highest BCUT2D eigenvalue weighted by atomic mass is 16.5. The number of unbranched alkanes of at least 4 members (excludes halogenated alkanes) is 2. The smallest absolute Gasteiger partial charge is 0.305 e. The van der Waals surface area contributed by atoms with Gasteiger partial charge in [0, 0.05) is 12.8 Å². The summed E-state index contributed by atoms with van der Waals surface area (Å²) in [5.41, 5.74) is 0. The Labute approximate surface area is 129 Å². The molecule has 21 heavy (non-hydrogen) atoms. The third kappa shape index (κ3) is 10.3. The molecule has 0 rings (SSSR count). The standard InChI is InChI=1S/C17H32O4/c1-5-14(20-16(18)7-3)12-10-9-11-13-15(6-2)21-17(19)8-4/h14-15H,5-13H2,1-4H3. The van der Waals surface area contributed by atoms with E-state index in [4.69, 9.17) is 9.47 Å². The Morgan fingerprint density at radius 3 is 1.38 bits per heavy atom. The van der Waals surface area contributed by atoms with Crippen LogP contribution >= 0.6 is 0 Å². The Morgan fingerprint density at radius 2 is 1.10 bits per heavy atom. The second-order valence-electron chi connectivity index (χ2n) is 5.39. The zero-order valence-electron chi connectivity index (χ0n) is 14.2. The average Bonchev–Trinajstić information content (AvgIpc) is 2.51. The fourth-order valence-electron chi connectivity index (χ4n) is 2.15. The van der Waals surface area contributed by atoms with Crippen LogP contribution in [0.4, 0.5) is 0 Å². The quantitative estimate of drug-likeness (QED) is 0.396. The lowest BCUT2D eigenvalue weighted by atomic mass is 10.0. The summed E-state index contributed by atoms with van der Waals surface area (Å²) in [7, 11) is 0. The van der Waals surface area contributed by atoms with Crippen LogP contribution < -0.4 is 0 Å². The van der Waals surface area contributed by atoms with E-state index in [1.165, 1.54) is 0 Å². The van der Waals surface area contributed by atoms with E-state index < -0.39 is 0 Å². The minimum atomic E-state index is -0.112. The molecule has 2 atom stereocenters. The van der Waals surface area contributed by atoms with Crippen LogP contribution in [-0.4, -0.2) is 24.1 Å². The molecule has 124 valence electrons. The van der Waals surface area contributed by atoms with Gasteiger partial charge in [0.25, 0.3) is 0 Å². The van der Waals surface area contributed by atoms with Gasteiger partial charge < -0.3 is 9.47 Å². The van der Waals surface area contributed by atoms with E-state index in [0.29, 0.717) is 12.8 Å². The van der Waals surface area contributed by atoms with Crippen molar-refractivity contribution in [3.05, 3.63) is 0 Å². The van der Waals surface area contributed by atoms with Crippen molar-refractivity contribution >= 4 is 11.9 Å². The summed E-state index contributed by atoms with van der Waals surface area (Å²) in [4.78, 5) is 22.5. The monoisotopic (exact) mass is 300 g/mol. The number of hydrogen-bond donors (Lipinski definition) is 0. The van der Waals surface area contributed by atoms with Gasteiger partial charge in [-0.15, -0.1) is 0 Å². The fraction of sp³-hybridized carbons (Fsp3) is 0.882. The molecule has 0 fully saturated rings. The number of carbonyl (C=O) groups excluding carboxylic acids is 2. The minimum absolute atomic E-state index is 0.0531. The van der Waals surface area contributed by atoms with Crippen molar-refractivity contribution < 1.29 is 19.1 Å². The van der Waals surface area contributed by atoms with Crippen molar-refractivity contribution in [2.75, 3.05) is 0 Å². The summed E-state index contributed by atoms with van der Waals surface area (Å²) in [5, 5.41) is 0. The predicted molar refractivity (Wildman–Crippen MR) is 84.0 cm³/mol. The first-order chi connectivity index (χ1) is 10.1. The van der Waals surface area contributed by atoms with Crippen LogP contribution in [0.15, 0.2) is 0 Å². The van der Waals surface area contributed by atoms with Gasteiger partial charge in [-0.25, -0.2) is 0 Å². The fourth-order valence-corrected chi connectivity index (χ4v) is 2.15. The Bertz CT molecular complexity index is 261. The maximum Gasteiger partial charge on any atom is 0.305 e. The van der Waals surface area contributed by atoms with Crippen molar-refractivity contribution in [3.63, 3.8) is 0 Å². The molecule has 0 radical (unpaired) electrons. The lowest BCUT2D eigenvalue weighted by molar-refractivity contribution is -0.149. The molecule has 0 aliphatic rings. The Balaban J connectivity index is 3.77. The largest absolute Gasteiger partial charge is 0.462 e. The predicted octanol–water partition coefficient (Wildman–Crippen LogP) is 4.40. The molecule has 0 heterocycles. The second kappa shape index (κ2) is 12.7. The molecule has 0 N–H and O–H groups in total. The molecule has 0 saturated carbocycles. The number of ether oxygens (including phenoxy) is 2. The third-order valence-electron chi connectivity index (χ3n) is 3.64. The van der Waals surface area contributed by atoms with Gasteiger partial charge in [-0.3, -0.25) is 9.59 Å². The third-order valence-corrected chi connectivity index (χ3v) is 3.64. The van der Waals surface area contributed by atoms with E-state index in [-0.39, 0.29) is 24.1 Å². The first-order valence-electron chi connectivity index (χ1n) is 8.46. The van der Waals surface area contributed by atoms with Gasteiger partial charge in [0.1, 0.15) is 12.2 Å². The molecular formula is C17H32O4. The van der Waals surface area contributed by atoms with Crippen LogP contribution in [0.2, 0.25) is 0 Å². The molecule has 0 saturated heterocycles. The number of carbonyl (C=O) groups is 2. The highest BCUT2D eigenvalue weighted by Gasteiger charge is 2.12. The van der Waals surface area contributed by atoms with Crippen molar-refractivity contribution in [2.24, 2.45) is 0 Å². The summed E-state index contributed by atoms with van der Waals surface area (Å²) < 4.78 is 10.7. The Morgan fingerprint density at radius 1 is 0.714 bits per heavy atom. The normalized spacial score (nSPS) is 13.5. The molecule has 0 amide bonds. The van der Waals surface area contributed by atoms with Gasteiger partial charge in [0.2, 0.25) is 0 Å². The maximum absolute atomic E-state index is 11.3. The van der Waals surface area contributed by atoms with Gasteiger partial charge in [-0.05, 0) is 38.5 Å². The van der Waals surface area contributed by atoms with E-state index >= 15 is 0 Å². The van der Waals surface area contributed by atoms with Crippen LogP contribution in [-0.2, 0) is 19.1 Å². The maximum atomic E-state index is 11.3. The SMILES string of the molecule is CCC(=O)OC(CC)CCCCCC(CC)OC(=O)CC. The van der Waals surface area contributed by atoms with E-state index in [2.05, 4.69) is 0 Å². The summed E-state index contributed by atoms with van der Waals surface area (Å²) in [6, 6.07) is 0. The average molecular weight is 300 g/mol. The molecule has 0 bridgehead atoms. The Kier molecular flexibility index (Phi) is 12.0. The molecule has 0 aliphatic carbocycles. The highest BCUT2D eigenvalue weighted by molar-refractivity contribution is 5.69. The van der Waals surface area contributed by atoms with E-state index in [9.17, 15) is 9.59 Å². The molecular weight excluding hydrogens is 268 g/mol. The Hall–Kier alpha value is -1.06. The first-order valence-corrected chi connectivity index (χ1v) is 8.46.